The highest BCUT2D eigenvalue weighted by atomic mass is 16.4. The molecule has 0 fully saturated rings. The number of nitrogens with zero attached hydrogens (tertiary/aromatic N) is 2. The maximum absolute atomic E-state index is 11.8. The molecule has 2 rings (SSSR count). The Morgan fingerprint density at radius 2 is 2.16 bits per heavy atom. The van der Waals surface area contributed by atoms with E-state index >= 15 is 0 Å². The van der Waals surface area contributed by atoms with Crippen molar-refractivity contribution in [1.29, 1.82) is 0 Å². The molecule has 1 aromatic heterocycles. The number of rotatable bonds is 4. The van der Waals surface area contributed by atoms with Gasteiger partial charge in [-0.2, -0.15) is 5.10 Å². The molecule has 1 aliphatic carbocycles. The van der Waals surface area contributed by atoms with Crippen LogP contribution >= 0.6 is 0 Å². The van der Waals surface area contributed by atoms with E-state index in [1.807, 2.05) is 12.2 Å². The lowest BCUT2D eigenvalue weighted by Gasteiger charge is -2.16. The topological polar surface area (TPSA) is 96.2 Å². The van der Waals surface area contributed by atoms with Gasteiger partial charge in [0.2, 0.25) is 0 Å². The van der Waals surface area contributed by atoms with Crippen molar-refractivity contribution in [3.63, 3.8) is 0 Å². The third-order valence-corrected chi connectivity index (χ3v) is 2.92. The van der Waals surface area contributed by atoms with Crippen molar-refractivity contribution >= 4 is 12.0 Å². The van der Waals surface area contributed by atoms with E-state index in [1.165, 1.54) is 10.9 Å². The van der Waals surface area contributed by atoms with Gasteiger partial charge in [0.25, 0.3) is 0 Å². The molecule has 0 saturated carbocycles. The SMILES string of the molecule is Cn1cc(C(NC(=O)NC2CC=CC2)C(=O)O)cn1. The van der Waals surface area contributed by atoms with Crippen LogP contribution in [0.4, 0.5) is 4.79 Å². The van der Waals surface area contributed by atoms with E-state index in [2.05, 4.69) is 15.7 Å². The average Bonchev–Trinajstić information content (AvgIpc) is 2.97. The number of carbonyl (C=O) groups excluding carboxylic acids is 1. The van der Waals surface area contributed by atoms with Crippen molar-refractivity contribution < 1.29 is 14.7 Å². The van der Waals surface area contributed by atoms with Crippen LogP contribution in [0, 0.1) is 0 Å². The minimum atomic E-state index is -1.12. The van der Waals surface area contributed by atoms with Gasteiger partial charge in [-0.05, 0) is 12.8 Å². The maximum atomic E-state index is 11.8. The quantitative estimate of drug-likeness (QED) is 0.692. The largest absolute Gasteiger partial charge is 0.479 e. The minimum Gasteiger partial charge on any atom is -0.479 e. The van der Waals surface area contributed by atoms with E-state index in [-0.39, 0.29) is 6.04 Å². The van der Waals surface area contributed by atoms with Crippen molar-refractivity contribution in [2.24, 2.45) is 7.05 Å². The number of carboxylic acids is 1. The van der Waals surface area contributed by atoms with Crippen LogP contribution in [-0.2, 0) is 11.8 Å². The summed E-state index contributed by atoms with van der Waals surface area (Å²) in [5.41, 5.74) is 0.440. The molecular weight excluding hydrogens is 248 g/mol. The predicted molar refractivity (Wildman–Crippen MR) is 67.4 cm³/mol. The Hall–Kier alpha value is -2.31. The Balaban J connectivity index is 1.96. The number of urea groups is 1. The molecule has 0 radical (unpaired) electrons. The first-order chi connectivity index (χ1) is 9.06. The summed E-state index contributed by atoms with van der Waals surface area (Å²) in [6, 6.07) is -1.53. The number of aryl methyl sites for hydroxylation is 1. The van der Waals surface area contributed by atoms with Crippen LogP contribution in [-0.4, -0.2) is 32.9 Å². The number of hydrogen-bond donors (Lipinski definition) is 3. The molecule has 0 spiro atoms. The fourth-order valence-electron chi connectivity index (χ4n) is 1.97. The summed E-state index contributed by atoms with van der Waals surface area (Å²) in [7, 11) is 1.69. The van der Waals surface area contributed by atoms with Crippen LogP contribution in [0.3, 0.4) is 0 Å². The number of aliphatic carboxylic acids is 1. The third kappa shape index (κ3) is 3.34. The summed E-state index contributed by atoms with van der Waals surface area (Å²) >= 11 is 0. The molecule has 1 aliphatic rings. The van der Waals surface area contributed by atoms with Gasteiger partial charge in [-0.1, -0.05) is 12.2 Å². The summed E-state index contributed by atoms with van der Waals surface area (Å²) in [6.07, 6.45) is 8.52. The van der Waals surface area contributed by atoms with Gasteiger partial charge >= 0.3 is 12.0 Å². The predicted octanol–water partition coefficient (Wildman–Crippen LogP) is 0.564. The van der Waals surface area contributed by atoms with Gasteiger partial charge in [0, 0.05) is 24.8 Å². The summed E-state index contributed by atoms with van der Waals surface area (Å²) in [4.78, 5) is 22.9. The van der Waals surface area contributed by atoms with Crippen LogP contribution in [0.5, 0.6) is 0 Å². The van der Waals surface area contributed by atoms with Crippen LogP contribution in [0.15, 0.2) is 24.5 Å². The Morgan fingerprint density at radius 3 is 2.68 bits per heavy atom. The lowest BCUT2D eigenvalue weighted by molar-refractivity contribution is -0.139. The monoisotopic (exact) mass is 264 g/mol. The highest BCUT2D eigenvalue weighted by Crippen LogP contribution is 2.13. The molecule has 1 atom stereocenters. The number of carboxylic acid groups (broad SMARTS) is 1. The minimum absolute atomic E-state index is 0.0448. The van der Waals surface area contributed by atoms with E-state index in [9.17, 15) is 9.59 Å². The average molecular weight is 264 g/mol. The summed E-state index contributed by atoms with van der Waals surface area (Å²) in [5.74, 6) is -1.12. The smallest absolute Gasteiger partial charge is 0.331 e. The molecule has 0 aromatic carbocycles. The second-order valence-corrected chi connectivity index (χ2v) is 4.48. The van der Waals surface area contributed by atoms with E-state index in [0.29, 0.717) is 5.56 Å². The second kappa shape index (κ2) is 5.55. The first-order valence-electron chi connectivity index (χ1n) is 5.99. The van der Waals surface area contributed by atoms with Crippen LogP contribution in [0.1, 0.15) is 24.4 Å². The summed E-state index contributed by atoms with van der Waals surface area (Å²) in [6.45, 7) is 0. The number of carbonyl (C=O) groups is 2. The molecule has 2 amide bonds. The van der Waals surface area contributed by atoms with Crippen LogP contribution in [0.25, 0.3) is 0 Å². The van der Waals surface area contributed by atoms with Crippen LogP contribution in [0.2, 0.25) is 0 Å². The highest BCUT2D eigenvalue weighted by Gasteiger charge is 2.24. The van der Waals surface area contributed by atoms with E-state index < -0.39 is 18.0 Å². The van der Waals surface area contributed by atoms with Crippen molar-refractivity contribution in [2.75, 3.05) is 0 Å². The van der Waals surface area contributed by atoms with Gasteiger partial charge in [0.15, 0.2) is 6.04 Å². The molecule has 19 heavy (non-hydrogen) atoms. The van der Waals surface area contributed by atoms with Gasteiger partial charge in [-0.15, -0.1) is 0 Å². The molecule has 1 aromatic rings. The van der Waals surface area contributed by atoms with Gasteiger partial charge in [0.1, 0.15) is 0 Å². The van der Waals surface area contributed by atoms with Crippen molar-refractivity contribution in [3.8, 4) is 0 Å². The first-order valence-corrected chi connectivity index (χ1v) is 5.99. The molecule has 3 N–H and O–H groups in total. The van der Waals surface area contributed by atoms with Gasteiger partial charge in [-0.3, -0.25) is 4.68 Å². The Bertz CT molecular complexity index is 501. The molecule has 1 heterocycles. The van der Waals surface area contributed by atoms with Gasteiger partial charge < -0.3 is 15.7 Å². The summed E-state index contributed by atoms with van der Waals surface area (Å²) < 4.78 is 1.49. The lowest BCUT2D eigenvalue weighted by Crippen LogP contribution is -2.44. The normalized spacial score (nSPS) is 16.3. The van der Waals surface area contributed by atoms with E-state index in [0.717, 1.165) is 12.8 Å². The Morgan fingerprint density at radius 1 is 1.47 bits per heavy atom. The van der Waals surface area contributed by atoms with Crippen molar-refractivity contribution in [3.05, 3.63) is 30.1 Å². The third-order valence-electron chi connectivity index (χ3n) is 2.92. The molecular formula is C12H16N4O3. The number of nitrogens with one attached hydrogen (secondary N) is 2. The number of aromatic nitrogens is 2. The molecule has 7 nitrogen and oxygen atoms in total. The Labute approximate surface area is 110 Å². The molecule has 7 heteroatoms. The zero-order valence-corrected chi connectivity index (χ0v) is 10.5. The van der Waals surface area contributed by atoms with E-state index in [4.69, 9.17) is 5.11 Å². The summed E-state index contributed by atoms with van der Waals surface area (Å²) in [5, 5.41) is 18.2. The van der Waals surface area contributed by atoms with E-state index in [1.54, 1.807) is 13.2 Å². The number of amides is 2. The first kappa shape index (κ1) is 13.1. The number of hydrogen-bond acceptors (Lipinski definition) is 3. The highest BCUT2D eigenvalue weighted by molar-refractivity contribution is 5.83. The fourth-order valence-corrected chi connectivity index (χ4v) is 1.97. The molecule has 0 saturated heterocycles. The second-order valence-electron chi connectivity index (χ2n) is 4.48. The zero-order chi connectivity index (χ0) is 13.8. The zero-order valence-electron chi connectivity index (χ0n) is 10.5. The molecule has 102 valence electrons. The standard InChI is InChI=1S/C12H16N4O3/c1-16-7-8(6-13-16)10(11(17)18)15-12(19)14-9-4-2-3-5-9/h2-3,6-7,9-10H,4-5H2,1H3,(H,17,18)(H2,14,15,19). The van der Waals surface area contributed by atoms with Gasteiger partial charge in [0.05, 0.1) is 6.20 Å². The van der Waals surface area contributed by atoms with Gasteiger partial charge in [-0.25, -0.2) is 9.59 Å². The molecule has 0 bridgehead atoms. The maximum Gasteiger partial charge on any atom is 0.331 e. The Kier molecular flexibility index (Phi) is 3.84. The van der Waals surface area contributed by atoms with Crippen molar-refractivity contribution in [1.82, 2.24) is 20.4 Å². The van der Waals surface area contributed by atoms with Crippen LogP contribution < -0.4 is 10.6 Å². The lowest BCUT2D eigenvalue weighted by atomic mass is 10.1. The van der Waals surface area contributed by atoms with Crippen molar-refractivity contribution in [2.45, 2.75) is 24.9 Å². The fraction of sp³-hybridized carbons (Fsp3) is 0.417. The molecule has 0 aliphatic heterocycles. The molecule has 1 unspecified atom stereocenters.